The van der Waals surface area contributed by atoms with E-state index in [4.69, 9.17) is 9.84 Å². The molecule has 1 aliphatic heterocycles. The highest BCUT2D eigenvalue weighted by atomic mass is 16.5. The normalized spacial score (nSPS) is 17.7. The van der Waals surface area contributed by atoms with Crippen LogP contribution in [0.2, 0.25) is 0 Å². The first-order valence-corrected chi connectivity index (χ1v) is 5.01. The summed E-state index contributed by atoms with van der Waals surface area (Å²) in [6, 6.07) is 5.05. The first kappa shape index (κ1) is 10.0. The first-order valence-electron chi connectivity index (χ1n) is 5.01. The SMILES string of the molecule is CC1(C)CCOc2ccc(C(=O)O)cc21. The zero-order valence-corrected chi connectivity index (χ0v) is 8.91. The molecule has 0 aromatic heterocycles. The topological polar surface area (TPSA) is 46.5 Å². The number of carbonyl (C=O) groups is 1. The molecule has 3 nitrogen and oxygen atoms in total. The highest BCUT2D eigenvalue weighted by Gasteiger charge is 2.29. The van der Waals surface area contributed by atoms with E-state index in [1.807, 2.05) is 0 Å². The number of hydrogen-bond acceptors (Lipinski definition) is 2. The van der Waals surface area contributed by atoms with Gasteiger partial charge < -0.3 is 9.84 Å². The fourth-order valence-electron chi connectivity index (χ4n) is 1.87. The molecule has 1 aliphatic rings. The maximum Gasteiger partial charge on any atom is 0.335 e. The number of fused-ring (bicyclic) bond motifs is 1. The summed E-state index contributed by atoms with van der Waals surface area (Å²) in [5.41, 5.74) is 1.32. The van der Waals surface area contributed by atoms with Crippen LogP contribution >= 0.6 is 0 Å². The molecule has 1 aromatic rings. The van der Waals surface area contributed by atoms with Crippen LogP contribution in [-0.2, 0) is 5.41 Å². The Balaban J connectivity index is 2.53. The fraction of sp³-hybridized carbons (Fsp3) is 0.417. The van der Waals surface area contributed by atoms with Crippen LogP contribution in [-0.4, -0.2) is 17.7 Å². The summed E-state index contributed by atoms with van der Waals surface area (Å²) < 4.78 is 5.50. The Kier molecular flexibility index (Phi) is 2.18. The van der Waals surface area contributed by atoms with Gasteiger partial charge in [-0.05, 0) is 30.0 Å². The van der Waals surface area contributed by atoms with Crippen molar-refractivity contribution in [3.8, 4) is 5.75 Å². The minimum absolute atomic E-state index is 0.000949. The molecule has 15 heavy (non-hydrogen) atoms. The molecule has 1 aromatic carbocycles. The Morgan fingerprint density at radius 3 is 2.87 bits per heavy atom. The van der Waals surface area contributed by atoms with E-state index in [9.17, 15) is 4.79 Å². The minimum Gasteiger partial charge on any atom is -0.493 e. The summed E-state index contributed by atoms with van der Waals surface area (Å²) in [5.74, 6) is -0.0737. The molecule has 0 unspecified atom stereocenters. The third kappa shape index (κ3) is 1.69. The average molecular weight is 206 g/mol. The Morgan fingerprint density at radius 2 is 2.20 bits per heavy atom. The van der Waals surface area contributed by atoms with Gasteiger partial charge in [-0.3, -0.25) is 0 Å². The summed E-state index contributed by atoms with van der Waals surface area (Å²) >= 11 is 0. The number of aromatic carboxylic acids is 1. The van der Waals surface area contributed by atoms with E-state index in [0.29, 0.717) is 12.2 Å². The predicted molar refractivity (Wildman–Crippen MR) is 56.5 cm³/mol. The largest absolute Gasteiger partial charge is 0.493 e. The van der Waals surface area contributed by atoms with Crippen molar-refractivity contribution in [2.75, 3.05) is 6.61 Å². The third-order valence-electron chi connectivity index (χ3n) is 2.94. The number of hydrogen-bond donors (Lipinski definition) is 1. The molecular weight excluding hydrogens is 192 g/mol. The molecule has 80 valence electrons. The predicted octanol–water partition coefficient (Wildman–Crippen LogP) is 2.44. The van der Waals surface area contributed by atoms with E-state index in [2.05, 4.69) is 13.8 Å². The molecular formula is C12H14O3. The minimum atomic E-state index is -0.890. The van der Waals surface area contributed by atoms with Crippen LogP contribution in [0.3, 0.4) is 0 Å². The van der Waals surface area contributed by atoms with Crippen molar-refractivity contribution < 1.29 is 14.6 Å². The van der Waals surface area contributed by atoms with Gasteiger partial charge in [0.05, 0.1) is 12.2 Å². The number of benzene rings is 1. The Bertz CT molecular complexity index is 407. The number of carboxylic acids is 1. The van der Waals surface area contributed by atoms with Crippen molar-refractivity contribution >= 4 is 5.97 Å². The summed E-state index contributed by atoms with van der Waals surface area (Å²) in [6.45, 7) is 4.92. The van der Waals surface area contributed by atoms with Crippen LogP contribution in [0.5, 0.6) is 5.75 Å². The van der Waals surface area contributed by atoms with Gasteiger partial charge in [0.2, 0.25) is 0 Å². The molecule has 2 rings (SSSR count). The van der Waals surface area contributed by atoms with Gasteiger partial charge in [-0.25, -0.2) is 4.79 Å². The Hall–Kier alpha value is -1.51. The van der Waals surface area contributed by atoms with Gasteiger partial charge in [-0.1, -0.05) is 13.8 Å². The number of ether oxygens (including phenoxy) is 1. The molecule has 0 fully saturated rings. The lowest BCUT2D eigenvalue weighted by atomic mass is 9.79. The maximum absolute atomic E-state index is 10.9. The smallest absolute Gasteiger partial charge is 0.335 e. The quantitative estimate of drug-likeness (QED) is 0.767. The standard InChI is InChI=1S/C12H14O3/c1-12(2)5-6-15-10-4-3-8(11(13)14)7-9(10)12/h3-4,7H,5-6H2,1-2H3,(H,13,14). The summed E-state index contributed by atoms with van der Waals surface area (Å²) in [4.78, 5) is 10.9. The maximum atomic E-state index is 10.9. The molecule has 1 heterocycles. The van der Waals surface area contributed by atoms with E-state index in [1.54, 1.807) is 18.2 Å². The van der Waals surface area contributed by atoms with Crippen molar-refractivity contribution in [1.82, 2.24) is 0 Å². The molecule has 0 amide bonds. The van der Waals surface area contributed by atoms with Gasteiger partial charge in [0.15, 0.2) is 0 Å². The first-order chi connectivity index (χ1) is 7.00. The van der Waals surface area contributed by atoms with Crippen LogP contribution in [0.4, 0.5) is 0 Å². The van der Waals surface area contributed by atoms with Crippen LogP contribution in [0.1, 0.15) is 36.2 Å². The third-order valence-corrected chi connectivity index (χ3v) is 2.94. The Morgan fingerprint density at radius 1 is 1.47 bits per heavy atom. The van der Waals surface area contributed by atoms with Gasteiger partial charge in [0.1, 0.15) is 5.75 Å². The summed E-state index contributed by atoms with van der Waals surface area (Å²) in [6.07, 6.45) is 0.920. The van der Waals surface area contributed by atoms with Gasteiger partial charge >= 0.3 is 5.97 Å². The molecule has 0 saturated carbocycles. The van der Waals surface area contributed by atoms with Gasteiger partial charge in [-0.15, -0.1) is 0 Å². The van der Waals surface area contributed by atoms with E-state index in [1.165, 1.54) is 0 Å². The van der Waals surface area contributed by atoms with Gasteiger partial charge in [0, 0.05) is 5.56 Å². The fourth-order valence-corrected chi connectivity index (χ4v) is 1.87. The highest BCUT2D eigenvalue weighted by Crippen LogP contribution is 2.38. The van der Waals surface area contributed by atoms with E-state index < -0.39 is 5.97 Å². The summed E-state index contributed by atoms with van der Waals surface area (Å²) in [7, 11) is 0. The van der Waals surface area contributed by atoms with Crippen molar-refractivity contribution in [1.29, 1.82) is 0 Å². The molecule has 0 bridgehead atoms. The van der Waals surface area contributed by atoms with E-state index in [0.717, 1.165) is 17.7 Å². The summed E-state index contributed by atoms with van der Waals surface area (Å²) in [5, 5.41) is 8.92. The zero-order valence-electron chi connectivity index (χ0n) is 8.91. The van der Waals surface area contributed by atoms with Crippen LogP contribution in [0, 0.1) is 0 Å². The van der Waals surface area contributed by atoms with Crippen molar-refractivity contribution in [3.05, 3.63) is 29.3 Å². The molecule has 0 saturated heterocycles. The molecule has 0 aliphatic carbocycles. The molecule has 0 spiro atoms. The lowest BCUT2D eigenvalue weighted by Gasteiger charge is -2.32. The van der Waals surface area contributed by atoms with Crippen LogP contribution in [0.15, 0.2) is 18.2 Å². The molecule has 1 N–H and O–H groups in total. The molecule has 0 atom stereocenters. The molecule has 3 heteroatoms. The second kappa shape index (κ2) is 3.26. The van der Waals surface area contributed by atoms with E-state index >= 15 is 0 Å². The Labute approximate surface area is 88.7 Å². The zero-order chi connectivity index (χ0) is 11.1. The van der Waals surface area contributed by atoms with Crippen LogP contribution < -0.4 is 4.74 Å². The highest BCUT2D eigenvalue weighted by molar-refractivity contribution is 5.88. The second-order valence-electron chi connectivity index (χ2n) is 4.50. The second-order valence-corrected chi connectivity index (χ2v) is 4.50. The van der Waals surface area contributed by atoms with Crippen molar-refractivity contribution in [3.63, 3.8) is 0 Å². The van der Waals surface area contributed by atoms with Crippen LogP contribution in [0.25, 0.3) is 0 Å². The number of carboxylic acid groups (broad SMARTS) is 1. The van der Waals surface area contributed by atoms with E-state index in [-0.39, 0.29) is 5.41 Å². The van der Waals surface area contributed by atoms with Gasteiger partial charge in [-0.2, -0.15) is 0 Å². The van der Waals surface area contributed by atoms with Crippen molar-refractivity contribution in [2.45, 2.75) is 25.7 Å². The lowest BCUT2D eigenvalue weighted by molar-refractivity contribution is 0.0696. The molecule has 0 radical (unpaired) electrons. The van der Waals surface area contributed by atoms with Crippen molar-refractivity contribution in [2.24, 2.45) is 0 Å². The number of rotatable bonds is 1. The van der Waals surface area contributed by atoms with Gasteiger partial charge in [0.25, 0.3) is 0 Å². The monoisotopic (exact) mass is 206 g/mol. The average Bonchev–Trinajstić information content (AvgIpc) is 2.17. The lowest BCUT2D eigenvalue weighted by Crippen LogP contribution is -2.26.